The van der Waals surface area contributed by atoms with Crippen molar-refractivity contribution in [2.75, 3.05) is 19.7 Å². The van der Waals surface area contributed by atoms with E-state index < -0.39 is 0 Å². The van der Waals surface area contributed by atoms with Gasteiger partial charge in [-0.15, -0.1) is 0 Å². The van der Waals surface area contributed by atoms with Crippen LogP contribution in [0.15, 0.2) is 24.3 Å². The van der Waals surface area contributed by atoms with Crippen LogP contribution in [0.3, 0.4) is 0 Å². The van der Waals surface area contributed by atoms with Crippen molar-refractivity contribution in [1.29, 1.82) is 0 Å². The van der Waals surface area contributed by atoms with Crippen LogP contribution in [-0.2, 0) is 0 Å². The molecule has 1 unspecified atom stereocenters. The molecule has 1 aromatic carbocycles. The Kier molecular flexibility index (Phi) is 3.93. The molecule has 4 N–H and O–H groups in total. The van der Waals surface area contributed by atoms with Gasteiger partial charge in [0, 0.05) is 19.1 Å². The molecule has 0 amide bonds. The summed E-state index contributed by atoms with van der Waals surface area (Å²) in [4.78, 5) is 0. The lowest BCUT2D eigenvalue weighted by atomic mass is 10.0. The molecule has 1 aromatic rings. The second kappa shape index (κ2) is 5.43. The van der Waals surface area contributed by atoms with Crippen LogP contribution in [0.4, 0.5) is 0 Å². The molecule has 0 radical (unpaired) electrons. The van der Waals surface area contributed by atoms with Gasteiger partial charge in [-0.2, -0.15) is 0 Å². The fourth-order valence-corrected chi connectivity index (χ4v) is 2.02. The molecule has 1 aliphatic carbocycles. The van der Waals surface area contributed by atoms with Crippen LogP contribution in [0.1, 0.15) is 35.9 Å². The first-order valence-corrected chi connectivity index (χ1v) is 5.99. The number of nitrogens with one attached hydrogen (secondary N) is 1. The molecule has 0 heterocycles. The lowest BCUT2D eigenvalue weighted by Gasteiger charge is -2.17. The van der Waals surface area contributed by atoms with Crippen LogP contribution < -0.4 is 11.1 Å². The fraction of sp³-hybridized carbons (Fsp3) is 0.538. The minimum atomic E-state index is 0.152. The highest BCUT2D eigenvalue weighted by molar-refractivity contribution is 5.31. The van der Waals surface area contributed by atoms with Crippen LogP contribution in [0.5, 0.6) is 0 Å². The lowest BCUT2D eigenvalue weighted by Crippen LogP contribution is -2.30. The molecule has 0 spiro atoms. The Bertz CT molecular complexity index is 336. The first-order chi connectivity index (χ1) is 7.85. The van der Waals surface area contributed by atoms with Crippen molar-refractivity contribution in [2.24, 2.45) is 5.73 Å². The quantitative estimate of drug-likeness (QED) is 0.674. The molecular weight excluding hydrogens is 200 g/mol. The van der Waals surface area contributed by atoms with Gasteiger partial charge in [-0.25, -0.2) is 0 Å². The summed E-state index contributed by atoms with van der Waals surface area (Å²) < 4.78 is 0. The third kappa shape index (κ3) is 2.82. The Hall–Kier alpha value is -0.900. The molecule has 3 nitrogen and oxygen atoms in total. The largest absolute Gasteiger partial charge is 0.395 e. The van der Waals surface area contributed by atoms with Crippen molar-refractivity contribution < 1.29 is 5.11 Å². The van der Waals surface area contributed by atoms with Gasteiger partial charge in [0.2, 0.25) is 0 Å². The second-order valence-electron chi connectivity index (χ2n) is 4.41. The average molecular weight is 220 g/mol. The van der Waals surface area contributed by atoms with Crippen molar-refractivity contribution in [1.82, 2.24) is 5.32 Å². The molecule has 0 aromatic heterocycles. The third-order valence-electron chi connectivity index (χ3n) is 3.10. The summed E-state index contributed by atoms with van der Waals surface area (Å²) in [5.41, 5.74) is 8.41. The van der Waals surface area contributed by atoms with E-state index in [1.54, 1.807) is 0 Å². The topological polar surface area (TPSA) is 58.3 Å². The molecule has 16 heavy (non-hydrogen) atoms. The number of aliphatic hydroxyl groups excluding tert-OH is 1. The zero-order valence-electron chi connectivity index (χ0n) is 9.52. The standard InChI is InChI=1S/C13H20N2O/c14-9-13(15-6-7-16)12-3-1-2-11(8-12)10-4-5-10/h1-3,8,10,13,15-16H,4-7,9,14H2. The van der Waals surface area contributed by atoms with Gasteiger partial charge in [0.15, 0.2) is 0 Å². The van der Waals surface area contributed by atoms with Crippen LogP contribution >= 0.6 is 0 Å². The van der Waals surface area contributed by atoms with Gasteiger partial charge >= 0.3 is 0 Å². The third-order valence-corrected chi connectivity index (χ3v) is 3.10. The molecule has 0 saturated heterocycles. The maximum atomic E-state index is 8.81. The van der Waals surface area contributed by atoms with Crippen molar-refractivity contribution in [3.05, 3.63) is 35.4 Å². The summed E-state index contributed by atoms with van der Waals surface area (Å²) in [6.45, 7) is 1.31. The maximum absolute atomic E-state index is 8.81. The van der Waals surface area contributed by atoms with E-state index in [-0.39, 0.29) is 12.6 Å². The molecule has 1 aliphatic rings. The van der Waals surface area contributed by atoms with E-state index in [1.807, 2.05) is 0 Å². The second-order valence-corrected chi connectivity index (χ2v) is 4.41. The summed E-state index contributed by atoms with van der Waals surface area (Å²) in [5, 5.41) is 12.1. The molecule has 2 rings (SSSR count). The number of aliphatic hydroxyl groups is 1. The Labute approximate surface area is 96.7 Å². The Balaban J connectivity index is 2.07. The van der Waals surface area contributed by atoms with E-state index in [9.17, 15) is 0 Å². The molecule has 3 heteroatoms. The van der Waals surface area contributed by atoms with Gasteiger partial charge in [-0.1, -0.05) is 24.3 Å². The molecule has 0 bridgehead atoms. The van der Waals surface area contributed by atoms with E-state index in [0.29, 0.717) is 13.1 Å². The van der Waals surface area contributed by atoms with E-state index in [1.165, 1.54) is 24.0 Å². The normalized spacial score (nSPS) is 17.4. The summed E-state index contributed by atoms with van der Waals surface area (Å²) in [7, 11) is 0. The zero-order chi connectivity index (χ0) is 11.4. The summed E-state index contributed by atoms with van der Waals surface area (Å²) in [5.74, 6) is 0.774. The highest BCUT2D eigenvalue weighted by atomic mass is 16.3. The van der Waals surface area contributed by atoms with E-state index >= 15 is 0 Å². The first kappa shape index (κ1) is 11.6. The predicted octanol–water partition coefficient (Wildman–Crippen LogP) is 1.15. The van der Waals surface area contributed by atoms with Crippen molar-refractivity contribution >= 4 is 0 Å². The molecule has 1 fully saturated rings. The van der Waals surface area contributed by atoms with Gasteiger partial charge in [0.1, 0.15) is 0 Å². The zero-order valence-corrected chi connectivity index (χ0v) is 9.52. The highest BCUT2D eigenvalue weighted by Crippen LogP contribution is 2.40. The first-order valence-electron chi connectivity index (χ1n) is 5.99. The summed E-state index contributed by atoms with van der Waals surface area (Å²) in [6.07, 6.45) is 2.64. The lowest BCUT2D eigenvalue weighted by molar-refractivity contribution is 0.285. The monoisotopic (exact) mass is 220 g/mol. The fourth-order valence-electron chi connectivity index (χ4n) is 2.02. The number of hydrogen-bond donors (Lipinski definition) is 3. The minimum absolute atomic E-state index is 0.152. The van der Waals surface area contributed by atoms with Crippen molar-refractivity contribution in [3.63, 3.8) is 0 Å². The number of rotatable bonds is 6. The Morgan fingerprint density at radius 2 is 2.25 bits per heavy atom. The average Bonchev–Trinajstić information content (AvgIpc) is 3.14. The Morgan fingerprint density at radius 1 is 1.44 bits per heavy atom. The van der Waals surface area contributed by atoms with Gasteiger partial charge in [-0.05, 0) is 29.9 Å². The van der Waals surface area contributed by atoms with Gasteiger partial charge in [-0.3, -0.25) is 0 Å². The van der Waals surface area contributed by atoms with E-state index in [0.717, 1.165) is 5.92 Å². The molecule has 1 saturated carbocycles. The number of benzene rings is 1. The molecule has 1 atom stereocenters. The smallest absolute Gasteiger partial charge is 0.0556 e. The van der Waals surface area contributed by atoms with Crippen LogP contribution in [0.2, 0.25) is 0 Å². The van der Waals surface area contributed by atoms with Gasteiger partial charge < -0.3 is 16.2 Å². The SMILES string of the molecule is NCC(NCCO)c1cccc(C2CC2)c1. The highest BCUT2D eigenvalue weighted by Gasteiger charge is 2.23. The van der Waals surface area contributed by atoms with Crippen LogP contribution in [0.25, 0.3) is 0 Å². The molecule has 88 valence electrons. The molecular formula is C13H20N2O. The maximum Gasteiger partial charge on any atom is 0.0556 e. The summed E-state index contributed by atoms with van der Waals surface area (Å²) in [6, 6.07) is 8.81. The summed E-state index contributed by atoms with van der Waals surface area (Å²) >= 11 is 0. The van der Waals surface area contributed by atoms with Crippen LogP contribution in [-0.4, -0.2) is 24.8 Å². The van der Waals surface area contributed by atoms with E-state index in [2.05, 4.69) is 29.6 Å². The van der Waals surface area contributed by atoms with Crippen molar-refractivity contribution in [2.45, 2.75) is 24.8 Å². The van der Waals surface area contributed by atoms with Crippen LogP contribution in [0, 0.1) is 0 Å². The number of hydrogen-bond acceptors (Lipinski definition) is 3. The van der Waals surface area contributed by atoms with E-state index in [4.69, 9.17) is 10.8 Å². The number of nitrogens with two attached hydrogens (primary N) is 1. The predicted molar refractivity (Wildman–Crippen MR) is 65.3 cm³/mol. The Morgan fingerprint density at radius 3 is 2.88 bits per heavy atom. The minimum Gasteiger partial charge on any atom is -0.395 e. The van der Waals surface area contributed by atoms with Gasteiger partial charge in [0.25, 0.3) is 0 Å². The van der Waals surface area contributed by atoms with Gasteiger partial charge in [0.05, 0.1) is 6.61 Å². The van der Waals surface area contributed by atoms with Crippen molar-refractivity contribution in [3.8, 4) is 0 Å². The molecule has 0 aliphatic heterocycles.